The van der Waals surface area contributed by atoms with E-state index >= 15 is 0 Å². The van der Waals surface area contributed by atoms with Crippen molar-refractivity contribution < 1.29 is 59.1 Å². The Kier molecular flexibility index (Phi) is 9.83. The molecule has 0 aromatic rings. The number of ether oxygens (including phenoxy) is 6. The highest BCUT2D eigenvalue weighted by Gasteiger charge is 2.68. The predicted molar refractivity (Wildman–Crippen MR) is 182 cm³/mol. The molecule has 51 heavy (non-hydrogen) atoms. The molecule has 1 spiro atoms. The lowest BCUT2D eigenvalue weighted by Crippen LogP contribution is -2.64. The molecule has 0 bridgehead atoms. The van der Waals surface area contributed by atoms with Crippen molar-refractivity contribution in [1.82, 2.24) is 0 Å². The summed E-state index contributed by atoms with van der Waals surface area (Å²) in [5, 5.41) is 63.1. The minimum atomic E-state index is -1.61. The molecule has 21 atom stereocenters. The van der Waals surface area contributed by atoms with Gasteiger partial charge in [0.05, 0.1) is 31.5 Å². The van der Waals surface area contributed by atoms with Gasteiger partial charge in [-0.2, -0.15) is 0 Å². The molecule has 0 aromatic heterocycles. The molecule has 8 aliphatic rings. The third kappa shape index (κ3) is 5.84. The van der Waals surface area contributed by atoms with Crippen LogP contribution >= 0.6 is 0 Å². The van der Waals surface area contributed by atoms with Crippen LogP contribution in [0.5, 0.6) is 0 Å². The van der Waals surface area contributed by atoms with Gasteiger partial charge in [0.1, 0.15) is 42.7 Å². The Morgan fingerprint density at radius 2 is 1.57 bits per heavy atom. The number of rotatable bonds is 5. The largest absolute Gasteiger partial charge is 0.394 e. The molecule has 4 saturated heterocycles. The van der Waals surface area contributed by atoms with Gasteiger partial charge < -0.3 is 59.1 Å². The van der Waals surface area contributed by atoms with E-state index < -0.39 is 73.8 Å². The predicted octanol–water partition coefficient (Wildman–Crippen LogP) is 2.39. The Morgan fingerprint density at radius 3 is 2.29 bits per heavy atom. The van der Waals surface area contributed by atoms with Crippen molar-refractivity contribution in [1.29, 1.82) is 0 Å². The normalized spacial score (nSPS) is 58.4. The molecule has 0 radical (unpaired) electrons. The van der Waals surface area contributed by atoms with Gasteiger partial charge in [-0.05, 0) is 98.7 Å². The van der Waals surface area contributed by atoms with Crippen LogP contribution in [0.3, 0.4) is 0 Å². The highest BCUT2D eigenvalue weighted by atomic mass is 16.7. The number of aliphatic hydroxyl groups excluding tert-OH is 6. The molecule has 12 nitrogen and oxygen atoms in total. The summed E-state index contributed by atoms with van der Waals surface area (Å²) < 4.78 is 37.1. The first-order valence-electron chi connectivity index (χ1n) is 19.8. The van der Waals surface area contributed by atoms with E-state index in [0.717, 1.165) is 45.1 Å². The average Bonchev–Trinajstić information content (AvgIpc) is 3.56. The van der Waals surface area contributed by atoms with Gasteiger partial charge in [-0.3, -0.25) is 0 Å². The number of fused-ring (bicyclic) bond motifs is 7. The molecule has 290 valence electrons. The van der Waals surface area contributed by atoms with Crippen LogP contribution in [0.4, 0.5) is 0 Å². The van der Waals surface area contributed by atoms with Crippen molar-refractivity contribution in [2.45, 2.75) is 172 Å². The van der Waals surface area contributed by atoms with Crippen molar-refractivity contribution in [3.05, 3.63) is 11.6 Å². The fourth-order valence-corrected chi connectivity index (χ4v) is 12.6. The van der Waals surface area contributed by atoms with Crippen molar-refractivity contribution in [2.24, 2.45) is 46.3 Å². The summed E-state index contributed by atoms with van der Waals surface area (Å²) >= 11 is 0. The third-order valence-electron chi connectivity index (χ3n) is 15.6. The van der Waals surface area contributed by atoms with E-state index in [1.54, 1.807) is 0 Å². The maximum absolute atomic E-state index is 11.1. The van der Waals surface area contributed by atoms with E-state index in [4.69, 9.17) is 28.4 Å². The average molecular weight is 723 g/mol. The van der Waals surface area contributed by atoms with E-state index in [-0.39, 0.29) is 23.0 Å². The summed E-state index contributed by atoms with van der Waals surface area (Å²) in [7, 11) is 0. The first-order chi connectivity index (χ1) is 24.2. The summed E-state index contributed by atoms with van der Waals surface area (Å²) in [5.41, 5.74) is 1.75. The molecule has 4 aliphatic carbocycles. The van der Waals surface area contributed by atoms with Gasteiger partial charge in [0.15, 0.2) is 18.4 Å². The Bertz CT molecular complexity index is 1300. The number of allylic oxidation sites excluding steroid dienone is 1. The van der Waals surface area contributed by atoms with Gasteiger partial charge in [0.25, 0.3) is 0 Å². The van der Waals surface area contributed by atoms with Crippen molar-refractivity contribution in [3.63, 3.8) is 0 Å². The number of hydrogen-bond donors (Lipinski definition) is 6. The topological polar surface area (TPSA) is 177 Å². The lowest BCUT2D eigenvalue weighted by molar-refractivity contribution is -0.360. The molecule has 3 saturated carbocycles. The lowest BCUT2D eigenvalue weighted by atomic mass is 9.47. The molecular weight excluding hydrogens is 660 g/mol. The van der Waals surface area contributed by atoms with Crippen molar-refractivity contribution >= 4 is 0 Å². The summed E-state index contributed by atoms with van der Waals surface area (Å²) in [6, 6.07) is 0. The van der Waals surface area contributed by atoms with E-state index in [1.165, 1.54) is 31.8 Å². The van der Waals surface area contributed by atoms with E-state index in [2.05, 4.69) is 33.8 Å². The summed E-state index contributed by atoms with van der Waals surface area (Å²) in [6.07, 6.45) is -1.53. The zero-order valence-corrected chi connectivity index (χ0v) is 30.9. The smallest absolute Gasteiger partial charge is 0.187 e. The van der Waals surface area contributed by atoms with E-state index in [9.17, 15) is 30.6 Å². The van der Waals surface area contributed by atoms with Crippen LogP contribution in [-0.2, 0) is 28.4 Å². The second kappa shape index (κ2) is 13.5. The van der Waals surface area contributed by atoms with Crippen molar-refractivity contribution in [2.75, 3.05) is 13.2 Å². The zero-order chi connectivity index (χ0) is 36.2. The summed E-state index contributed by atoms with van der Waals surface area (Å²) in [6.45, 7) is 11.5. The van der Waals surface area contributed by atoms with Crippen LogP contribution in [0.2, 0.25) is 0 Å². The van der Waals surface area contributed by atoms with Crippen LogP contribution in [0.25, 0.3) is 0 Å². The second-order valence-corrected chi connectivity index (χ2v) is 18.3. The summed E-state index contributed by atoms with van der Waals surface area (Å²) in [5.74, 6) is 2.99. The quantitative estimate of drug-likeness (QED) is 0.229. The molecule has 8 rings (SSSR count). The fraction of sp³-hybridized carbons (Fsp3) is 0.949. The monoisotopic (exact) mass is 722 g/mol. The van der Waals surface area contributed by atoms with Crippen LogP contribution in [0, 0.1) is 46.3 Å². The molecule has 0 aromatic carbocycles. The molecular formula is C39H62O12. The fourth-order valence-electron chi connectivity index (χ4n) is 12.6. The van der Waals surface area contributed by atoms with Crippen LogP contribution < -0.4 is 0 Å². The van der Waals surface area contributed by atoms with Gasteiger partial charge in [0, 0.05) is 12.3 Å². The van der Waals surface area contributed by atoms with Gasteiger partial charge in [0.2, 0.25) is 0 Å². The minimum Gasteiger partial charge on any atom is -0.394 e. The van der Waals surface area contributed by atoms with Crippen LogP contribution in [0.15, 0.2) is 11.6 Å². The molecule has 12 heteroatoms. The van der Waals surface area contributed by atoms with E-state index in [0.29, 0.717) is 35.5 Å². The minimum absolute atomic E-state index is 0.0757. The maximum Gasteiger partial charge on any atom is 0.187 e. The van der Waals surface area contributed by atoms with Gasteiger partial charge >= 0.3 is 0 Å². The Labute approximate surface area is 301 Å². The Hall–Kier alpha value is -0.740. The second-order valence-electron chi connectivity index (χ2n) is 18.3. The van der Waals surface area contributed by atoms with Gasteiger partial charge in [-0.25, -0.2) is 0 Å². The number of hydrogen-bond acceptors (Lipinski definition) is 12. The van der Waals surface area contributed by atoms with E-state index in [1.807, 2.05) is 0 Å². The molecule has 0 amide bonds. The van der Waals surface area contributed by atoms with Crippen LogP contribution in [0.1, 0.15) is 92.4 Å². The highest BCUT2D eigenvalue weighted by Crippen LogP contribution is 2.70. The Morgan fingerprint density at radius 1 is 0.824 bits per heavy atom. The van der Waals surface area contributed by atoms with Crippen molar-refractivity contribution in [3.8, 4) is 0 Å². The zero-order valence-electron chi connectivity index (χ0n) is 30.9. The SMILES string of the molecule is C[C@H]1CC[C@@]2(OC1)O[C@H]1C[C@@H]3[C@@H]4CC=C5C[C@@H](O[C@@H]6O[C@H](CO)[C@@H](O[C@@H]7O[C@@H](C)[C@H](O)[C@@H](O)[C@H]7O)[C@H](O)[C@H]6O)CC[C@]5(C)[C@H]4CC[C@]3(C)[C@H]1[C@@H]2C. The third-order valence-corrected chi connectivity index (χ3v) is 15.6. The highest BCUT2D eigenvalue weighted by molar-refractivity contribution is 5.26. The number of aliphatic hydroxyl groups is 6. The molecule has 7 fully saturated rings. The molecule has 0 unspecified atom stereocenters. The summed E-state index contributed by atoms with van der Waals surface area (Å²) in [4.78, 5) is 0. The first kappa shape index (κ1) is 37.2. The first-order valence-corrected chi connectivity index (χ1v) is 19.8. The molecule has 6 N–H and O–H groups in total. The van der Waals surface area contributed by atoms with Crippen LogP contribution in [-0.4, -0.2) is 123 Å². The van der Waals surface area contributed by atoms with Gasteiger partial charge in [-0.15, -0.1) is 0 Å². The Balaban J connectivity index is 0.915. The van der Waals surface area contributed by atoms with Gasteiger partial charge in [-0.1, -0.05) is 39.3 Å². The standard InChI is InChI=1S/C39H62O12/c1-18-8-13-39(46-17-18)19(2)28-26(51-39)15-25-23-7-6-21-14-22(9-11-37(21,4)24(23)10-12-38(25,28)5)48-36-33(45)31(43)34(27(16-40)49-36)50-35-32(44)30(42)29(41)20(3)47-35/h6,18-20,22-36,40-45H,7-17H2,1-5H3/t18-,19-,20-,22-,23+,24-,25+,26-,27+,28-,29-,30+,31+,32+,33+,34+,35-,36+,37-,38-,39+/m0/s1. The molecule has 4 heterocycles. The maximum atomic E-state index is 11.1. The molecule has 4 aliphatic heterocycles. The lowest BCUT2D eigenvalue weighted by Gasteiger charge is -2.58.